The number of amides is 1. The van der Waals surface area contributed by atoms with Crippen LogP contribution in [0.5, 0.6) is 11.5 Å². The van der Waals surface area contributed by atoms with E-state index in [0.717, 1.165) is 36.3 Å². The lowest BCUT2D eigenvalue weighted by Crippen LogP contribution is -2.37. The average Bonchev–Trinajstić information content (AvgIpc) is 3.56. The Hall–Kier alpha value is -3.19. The first kappa shape index (κ1) is 22.0. The van der Waals surface area contributed by atoms with Crippen molar-refractivity contribution in [3.05, 3.63) is 71.9 Å². The fourth-order valence-electron chi connectivity index (χ4n) is 3.94. The van der Waals surface area contributed by atoms with Crippen molar-refractivity contribution in [2.24, 2.45) is 7.05 Å². The zero-order valence-electron chi connectivity index (χ0n) is 18.7. The molecular formula is C25H30N2O5. The standard InChI is InChI=1S/C25H30N2O5/c1-26-10-9-20(15-26)14-25(28)27(17-21-5-3-11-30-21)16-19-7-8-23(29-2)24(13-19)32-18-22-6-4-12-31-22/h4,6-10,12-13,15,21H,3,5,11,14,16-18H2,1-2H3. The second kappa shape index (κ2) is 10.4. The zero-order valence-corrected chi connectivity index (χ0v) is 18.7. The maximum atomic E-state index is 13.2. The molecule has 1 aromatic carbocycles. The first-order chi connectivity index (χ1) is 15.6. The molecule has 0 radical (unpaired) electrons. The van der Waals surface area contributed by atoms with Gasteiger partial charge in [-0.1, -0.05) is 6.07 Å². The van der Waals surface area contributed by atoms with Gasteiger partial charge in [0.2, 0.25) is 5.91 Å². The number of nitrogens with zero attached hydrogens (tertiary/aromatic N) is 2. The summed E-state index contributed by atoms with van der Waals surface area (Å²) in [5, 5.41) is 0. The largest absolute Gasteiger partial charge is 0.493 e. The number of hydrogen-bond donors (Lipinski definition) is 0. The molecule has 2 aromatic heterocycles. The number of aromatic nitrogens is 1. The van der Waals surface area contributed by atoms with Crippen molar-refractivity contribution in [1.82, 2.24) is 9.47 Å². The highest BCUT2D eigenvalue weighted by Gasteiger charge is 2.23. The molecule has 1 fully saturated rings. The van der Waals surface area contributed by atoms with Crippen LogP contribution in [0.1, 0.15) is 29.7 Å². The third-order valence-corrected chi connectivity index (χ3v) is 5.60. The minimum Gasteiger partial charge on any atom is -0.493 e. The topological polar surface area (TPSA) is 66.1 Å². The maximum Gasteiger partial charge on any atom is 0.227 e. The molecule has 1 saturated heterocycles. The number of carbonyl (C=O) groups is 1. The van der Waals surface area contributed by atoms with Crippen LogP contribution in [0.3, 0.4) is 0 Å². The lowest BCUT2D eigenvalue weighted by atomic mass is 10.1. The van der Waals surface area contributed by atoms with Gasteiger partial charge in [-0.2, -0.15) is 0 Å². The molecule has 32 heavy (non-hydrogen) atoms. The van der Waals surface area contributed by atoms with Gasteiger partial charge in [-0.15, -0.1) is 0 Å². The van der Waals surface area contributed by atoms with E-state index in [0.29, 0.717) is 37.6 Å². The van der Waals surface area contributed by atoms with Crippen LogP contribution in [-0.4, -0.2) is 41.7 Å². The molecule has 0 saturated carbocycles. The van der Waals surface area contributed by atoms with Crippen molar-refractivity contribution >= 4 is 5.91 Å². The predicted octanol–water partition coefficient (Wildman–Crippen LogP) is 3.96. The van der Waals surface area contributed by atoms with Crippen molar-refractivity contribution in [2.45, 2.75) is 38.5 Å². The van der Waals surface area contributed by atoms with E-state index in [2.05, 4.69) is 0 Å². The van der Waals surface area contributed by atoms with Gasteiger partial charge in [0, 0.05) is 39.1 Å². The molecule has 3 heterocycles. The molecule has 1 aliphatic rings. The molecule has 170 valence electrons. The highest BCUT2D eigenvalue weighted by molar-refractivity contribution is 5.78. The smallest absolute Gasteiger partial charge is 0.227 e. The van der Waals surface area contributed by atoms with Crippen LogP contribution in [0.15, 0.2) is 59.5 Å². The Bertz CT molecular complexity index is 1010. The molecule has 1 unspecified atom stereocenters. The van der Waals surface area contributed by atoms with Gasteiger partial charge < -0.3 is 28.1 Å². The van der Waals surface area contributed by atoms with E-state index in [4.69, 9.17) is 18.6 Å². The van der Waals surface area contributed by atoms with Crippen molar-refractivity contribution in [3.63, 3.8) is 0 Å². The Labute approximate surface area is 188 Å². The second-order valence-electron chi connectivity index (χ2n) is 8.12. The molecule has 0 N–H and O–H groups in total. The summed E-state index contributed by atoms with van der Waals surface area (Å²) in [6.07, 6.45) is 8.03. The highest BCUT2D eigenvalue weighted by Crippen LogP contribution is 2.30. The minimum atomic E-state index is 0.0839. The number of benzene rings is 1. The van der Waals surface area contributed by atoms with E-state index in [1.165, 1.54) is 0 Å². The highest BCUT2D eigenvalue weighted by atomic mass is 16.5. The lowest BCUT2D eigenvalue weighted by Gasteiger charge is -2.26. The number of methoxy groups -OCH3 is 1. The normalized spacial score (nSPS) is 15.6. The number of ether oxygens (including phenoxy) is 3. The Morgan fingerprint density at radius 1 is 1.22 bits per heavy atom. The number of aryl methyl sites for hydroxylation is 1. The van der Waals surface area contributed by atoms with E-state index in [1.807, 2.05) is 65.3 Å². The van der Waals surface area contributed by atoms with Gasteiger partial charge in [0.15, 0.2) is 11.5 Å². The molecular weight excluding hydrogens is 408 g/mol. The molecule has 1 atom stereocenters. The van der Waals surface area contributed by atoms with Gasteiger partial charge in [0.05, 0.1) is 25.9 Å². The molecule has 7 nitrogen and oxygen atoms in total. The molecule has 3 aromatic rings. The molecule has 0 spiro atoms. The van der Waals surface area contributed by atoms with Crippen LogP contribution in [-0.2, 0) is 36.2 Å². The van der Waals surface area contributed by atoms with Gasteiger partial charge in [-0.3, -0.25) is 4.79 Å². The molecule has 0 bridgehead atoms. The Kier molecular flexibility index (Phi) is 7.17. The minimum absolute atomic E-state index is 0.0839. The summed E-state index contributed by atoms with van der Waals surface area (Å²) in [4.78, 5) is 15.1. The van der Waals surface area contributed by atoms with Crippen molar-refractivity contribution in [3.8, 4) is 11.5 Å². The van der Waals surface area contributed by atoms with E-state index in [-0.39, 0.29) is 12.0 Å². The summed E-state index contributed by atoms with van der Waals surface area (Å²) in [5.74, 6) is 2.08. The predicted molar refractivity (Wildman–Crippen MR) is 120 cm³/mol. The third kappa shape index (κ3) is 5.73. The quantitative estimate of drug-likeness (QED) is 0.479. The lowest BCUT2D eigenvalue weighted by molar-refractivity contribution is -0.132. The van der Waals surface area contributed by atoms with Gasteiger partial charge in [0.25, 0.3) is 0 Å². The van der Waals surface area contributed by atoms with E-state index >= 15 is 0 Å². The fraction of sp³-hybridized carbons (Fsp3) is 0.400. The van der Waals surface area contributed by atoms with Gasteiger partial charge >= 0.3 is 0 Å². The van der Waals surface area contributed by atoms with Crippen LogP contribution in [0.4, 0.5) is 0 Å². The molecule has 0 aliphatic carbocycles. The molecule has 1 amide bonds. The SMILES string of the molecule is COc1ccc(CN(CC2CCCO2)C(=O)Cc2ccn(C)c2)cc1OCc1ccco1. The summed E-state index contributed by atoms with van der Waals surface area (Å²) >= 11 is 0. The van der Waals surface area contributed by atoms with Gasteiger partial charge in [-0.05, 0) is 54.3 Å². The van der Waals surface area contributed by atoms with Gasteiger partial charge in [-0.25, -0.2) is 0 Å². The van der Waals surface area contributed by atoms with Crippen LogP contribution in [0, 0.1) is 0 Å². The summed E-state index contributed by atoms with van der Waals surface area (Å²) < 4.78 is 24.5. The summed E-state index contributed by atoms with van der Waals surface area (Å²) in [5.41, 5.74) is 1.98. The van der Waals surface area contributed by atoms with E-state index in [1.54, 1.807) is 13.4 Å². The second-order valence-corrected chi connectivity index (χ2v) is 8.12. The Morgan fingerprint density at radius 3 is 2.81 bits per heavy atom. The summed E-state index contributed by atoms with van der Waals surface area (Å²) in [7, 11) is 3.57. The Morgan fingerprint density at radius 2 is 2.12 bits per heavy atom. The van der Waals surface area contributed by atoms with Crippen molar-refractivity contribution < 1.29 is 23.4 Å². The fourth-order valence-corrected chi connectivity index (χ4v) is 3.94. The average molecular weight is 439 g/mol. The van der Waals surface area contributed by atoms with Crippen LogP contribution in [0.2, 0.25) is 0 Å². The van der Waals surface area contributed by atoms with E-state index in [9.17, 15) is 4.79 Å². The Balaban J connectivity index is 1.49. The van der Waals surface area contributed by atoms with Crippen LogP contribution >= 0.6 is 0 Å². The van der Waals surface area contributed by atoms with E-state index < -0.39 is 0 Å². The number of furan rings is 1. The molecule has 4 rings (SSSR count). The zero-order chi connectivity index (χ0) is 22.3. The summed E-state index contributed by atoms with van der Waals surface area (Å²) in [6, 6.07) is 11.4. The van der Waals surface area contributed by atoms with Gasteiger partial charge in [0.1, 0.15) is 12.4 Å². The molecule has 1 aliphatic heterocycles. The van der Waals surface area contributed by atoms with Crippen LogP contribution < -0.4 is 9.47 Å². The summed E-state index contributed by atoms with van der Waals surface area (Å²) in [6.45, 7) is 2.13. The number of carbonyl (C=O) groups excluding carboxylic acids is 1. The third-order valence-electron chi connectivity index (χ3n) is 5.60. The monoisotopic (exact) mass is 438 g/mol. The molecule has 7 heteroatoms. The van der Waals surface area contributed by atoms with Crippen molar-refractivity contribution in [2.75, 3.05) is 20.3 Å². The number of rotatable bonds is 10. The van der Waals surface area contributed by atoms with Crippen molar-refractivity contribution in [1.29, 1.82) is 0 Å². The van der Waals surface area contributed by atoms with Crippen LogP contribution in [0.25, 0.3) is 0 Å². The first-order valence-electron chi connectivity index (χ1n) is 10.9. The number of hydrogen-bond acceptors (Lipinski definition) is 5. The first-order valence-corrected chi connectivity index (χ1v) is 10.9. The maximum absolute atomic E-state index is 13.2.